The van der Waals surface area contributed by atoms with E-state index in [0.29, 0.717) is 17.2 Å². The topological polar surface area (TPSA) is 90.1 Å². The highest BCUT2D eigenvalue weighted by Gasteiger charge is 2.38. The molecular weight excluding hydrogens is 382 g/mol. The van der Waals surface area contributed by atoms with Gasteiger partial charge in [-0.1, -0.05) is 24.3 Å². The number of carbonyl (C=O) groups is 1. The average Bonchev–Trinajstić information content (AvgIpc) is 2.56. The van der Waals surface area contributed by atoms with E-state index in [0.717, 1.165) is 0 Å². The van der Waals surface area contributed by atoms with Gasteiger partial charge >= 0.3 is 18.3 Å². The van der Waals surface area contributed by atoms with Crippen molar-refractivity contribution in [3.8, 4) is 5.88 Å². The van der Waals surface area contributed by atoms with Crippen LogP contribution >= 0.6 is 0 Å². The minimum atomic E-state index is -4.97. The molecule has 0 fully saturated rings. The average molecular weight is 394 g/mol. The Morgan fingerprint density at radius 2 is 1.63 bits per heavy atom. The number of halogens is 6. The van der Waals surface area contributed by atoms with Gasteiger partial charge in [-0.3, -0.25) is 4.79 Å². The Bertz CT molecular complexity index is 805. The Hall–Kier alpha value is -3.05. The van der Waals surface area contributed by atoms with Crippen LogP contribution in [0.5, 0.6) is 5.88 Å². The highest BCUT2D eigenvalue weighted by Crippen LogP contribution is 2.30. The number of alkyl halides is 6. The van der Waals surface area contributed by atoms with Crippen LogP contribution < -0.4 is 15.8 Å². The van der Waals surface area contributed by atoms with Crippen LogP contribution in [0.1, 0.15) is 16.8 Å². The lowest BCUT2D eigenvalue weighted by atomic mass is 10.1. The number of benzene rings is 1. The molecule has 0 saturated carbocycles. The minimum Gasteiger partial charge on any atom is -0.473 e. The van der Waals surface area contributed by atoms with E-state index in [1.54, 1.807) is 5.32 Å². The number of hydrogen-bond acceptors (Lipinski definition) is 5. The van der Waals surface area contributed by atoms with E-state index in [1.165, 1.54) is 24.3 Å². The number of nitrogens with two attached hydrogens (primary N) is 1. The van der Waals surface area contributed by atoms with Gasteiger partial charge < -0.3 is 15.8 Å². The maximum Gasteiger partial charge on any atom is 0.471 e. The summed E-state index contributed by atoms with van der Waals surface area (Å²) in [5, 5.41) is 1.71. The summed E-state index contributed by atoms with van der Waals surface area (Å²) in [6.45, 7) is -0.500. The lowest BCUT2D eigenvalue weighted by Crippen LogP contribution is -2.36. The van der Waals surface area contributed by atoms with Crippen molar-refractivity contribution in [2.24, 2.45) is 0 Å². The molecule has 1 aromatic heterocycles. The van der Waals surface area contributed by atoms with E-state index in [-0.39, 0.29) is 19.0 Å². The van der Waals surface area contributed by atoms with E-state index in [2.05, 4.69) is 9.97 Å². The zero-order valence-corrected chi connectivity index (χ0v) is 13.4. The molecule has 0 aliphatic heterocycles. The van der Waals surface area contributed by atoms with Crippen LogP contribution in [-0.4, -0.2) is 22.1 Å². The molecule has 0 aliphatic rings. The van der Waals surface area contributed by atoms with Crippen LogP contribution in [0.3, 0.4) is 0 Å². The summed E-state index contributed by atoms with van der Waals surface area (Å²) in [4.78, 5) is 17.3. The molecular formula is C15H12F6N4O2. The number of amides is 1. The second kappa shape index (κ2) is 7.68. The summed E-state index contributed by atoms with van der Waals surface area (Å²) in [5.74, 6) is -3.04. The second-order valence-electron chi connectivity index (χ2n) is 5.23. The van der Waals surface area contributed by atoms with Crippen LogP contribution in [-0.2, 0) is 24.1 Å². The monoisotopic (exact) mass is 394 g/mol. The van der Waals surface area contributed by atoms with Crippen LogP contribution in [0.4, 0.5) is 32.3 Å². The maximum absolute atomic E-state index is 12.7. The van der Waals surface area contributed by atoms with E-state index in [9.17, 15) is 31.1 Å². The highest BCUT2D eigenvalue weighted by atomic mass is 19.4. The van der Waals surface area contributed by atoms with Crippen LogP contribution in [0.25, 0.3) is 0 Å². The van der Waals surface area contributed by atoms with Gasteiger partial charge in [-0.15, -0.1) is 0 Å². The van der Waals surface area contributed by atoms with Crippen LogP contribution in [0, 0.1) is 0 Å². The second-order valence-corrected chi connectivity index (χ2v) is 5.23. The first-order chi connectivity index (χ1) is 12.4. The molecule has 1 aromatic carbocycles. The highest BCUT2D eigenvalue weighted by molar-refractivity contribution is 5.81. The van der Waals surface area contributed by atoms with Crippen molar-refractivity contribution in [2.75, 3.05) is 5.73 Å². The molecule has 0 aliphatic carbocycles. The molecule has 2 aromatic rings. The van der Waals surface area contributed by atoms with E-state index in [4.69, 9.17) is 10.5 Å². The van der Waals surface area contributed by atoms with Crippen molar-refractivity contribution in [1.82, 2.24) is 15.3 Å². The number of anilines is 1. The molecule has 1 heterocycles. The van der Waals surface area contributed by atoms with Crippen molar-refractivity contribution in [1.29, 1.82) is 0 Å². The summed E-state index contributed by atoms with van der Waals surface area (Å²) in [6, 6.07) is 6.42. The minimum absolute atomic E-state index is 0.164. The van der Waals surface area contributed by atoms with Crippen molar-refractivity contribution in [2.45, 2.75) is 25.5 Å². The Morgan fingerprint density at radius 3 is 2.19 bits per heavy atom. The van der Waals surface area contributed by atoms with Gasteiger partial charge in [0.25, 0.3) is 0 Å². The fourth-order valence-corrected chi connectivity index (χ4v) is 1.86. The summed E-state index contributed by atoms with van der Waals surface area (Å²) in [5.41, 5.74) is 4.86. The summed E-state index contributed by atoms with van der Waals surface area (Å²) in [7, 11) is 0. The molecule has 27 heavy (non-hydrogen) atoms. The van der Waals surface area contributed by atoms with E-state index in [1.807, 2.05) is 0 Å². The summed E-state index contributed by atoms with van der Waals surface area (Å²) >= 11 is 0. The van der Waals surface area contributed by atoms with Crippen LogP contribution in [0.2, 0.25) is 0 Å². The number of nitrogen functional groups attached to an aromatic ring is 1. The molecule has 146 valence electrons. The molecule has 0 unspecified atom stereocenters. The molecule has 0 atom stereocenters. The molecule has 2 rings (SSSR count). The Balaban J connectivity index is 1.96. The van der Waals surface area contributed by atoms with Crippen molar-refractivity contribution >= 4 is 11.9 Å². The number of nitrogens with zero attached hydrogens (tertiary/aromatic N) is 2. The van der Waals surface area contributed by atoms with Gasteiger partial charge in [0, 0.05) is 12.6 Å². The summed E-state index contributed by atoms with van der Waals surface area (Å²) in [6.07, 6.45) is -9.68. The van der Waals surface area contributed by atoms with Gasteiger partial charge in [0.05, 0.1) is 0 Å². The normalized spacial score (nSPS) is 11.9. The fraction of sp³-hybridized carbons (Fsp3) is 0.267. The van der Waals surface area contributed by atoms with Gasteiger partial charge in [-0.05, 0) is 11.1 Å². The Kier molecular flexibility index (Phi) is 5.76. The first kappa shape index (κ1) is 20.3. The molecule has 1 amide bonds. The number of nitrogens with one attached hydrogen (secondary N) is 1. The van der Waals surface area contributed by atoms with Gasteiger partial charge in [-0.2, -0.15) is 31.3 Å². The van der Waals surface area contributed by atoms with Crippen LogP contribution in [0.15, 0.2) is 30.3 Å². The van der Waals surface area contributed by atoms with Gasteiger partial charge in [0.15, 0.2) is 5.69 Å². The first-order valence-electron chi connectivity index (χ1n) is 7.22. The van der Waals surface area contributed by atoms with Gasteiger partial charge in [0.1, 0.15) is 6.61 Å². The third-order valence-electron chi connectivity index (χ3n) is 3.13. The fourth-order valence-electron chi connectivity index (χ4n) is 1.86. The largest absolute Gasteiger partial charge is 0.473 e. The number of rotatable bonds is 5. The predicted molar refractivity (Wildman–Crippen MR) is 80.1 cm³/mol. The zero-order chi connectivity index (χ0) is 20.2. The standard InChI is InChI=1S/C15H12F6N4O2/c16-14(17,18)10-5-11(25-13(22)24-10)27-7-9-3-1-8(2-4-9)6-23-12(26)15(19,20)21/h1-5H,6-7H2,(H,23,26)(H2,22,24,25). The molecule has 3 N–H and O–H groups in total. The van der Waals surface area contributed by atoms with Crippen molar-refractivity contribution in [3.63, 3.8) is 0 Å². The molecule has 6 nitrogen and oxygen atoms in total. The molecule has 0 bridgehead atoms. The maximum atomic E-state index is 12.7. The molecule has 0 spiro atoms. The van der Waals surface area contributed by atoms with Crippen molar-refractivity contribution in [3.05, 3.63) is 47.2 Å². The molecule has 12 heteroatoms. The smallest absolute Gasteiger partial charge is 0.471 e. The SMILES string of the molecule is Nc1nc(OCc2ccc(CNC(=O)C(F)(F)F)cc2)cc(C(F)(F)F)n1. The number of aromatic nitrogens is 2. The number of ether oxygens (including phenoxy) is 1. The molecule has 0 radical (unpaired) electrons. The van der Waals surface area contributed by atoms with E-state index >= 15 is 0 Å². The third-order valence-corrected chi connectivity index (χ3v) is 3.13. The van der Waals surface area contributed by atoms with Crippen molar-refractivity contribution < 1.29 is 35.9 Å². The Morgan fingerprint density at radius 1 is 1.04 bits per heavy atom. The van der Waals surface area contributed by atoms with E-state index < -0.39 is 29.9 Å². The first-order valence-corrected chi connectivity index (χ1v) is 7.22. The lowest BCUT2D eigenvalue weighted by molar-refractivity contribution is -0.173. The molecule has 0 saturated heterocycles. The number of hydrogen-bond donors (Lipinski definition) is 2. The van der Waals surface area contributed by atoms with Gasteiger partial charge in [-0.25, -0.2) is 4.98 Å². The zero-order valence-electron chi connectivity index (χ0n) is 13.4. The Labute approximate surface area is 148 Å². The summed E-state index contributed by atoms with van der Waals surface area (Å²) < 4.78 is 79.4. The quantitative estimate of drug-likeness (QED) is 0.762. The lowest BCUT2D eigenvalue weighted by Gasteiger charge is -2.11. The third kappa shape index (κ3) is 6.01. The van der Waals surface area contributed by atoms with Gasteiger partial charge in [0.2, 0.25) is 11.8 Å². The predicted octanol–water partition coefficient (Wildman–Crippen LogP) is 2.84. The number of carbonyl (C=O) groups excluding carboxylic acids is 1.